The van der Waals surface area contributed by atoms with Gasteiger partial charge in [-0.05, 0) is 36.6 Å². The van der Waals surface area contributed by atoms with E-state index in [1.807, 2.05) is 0 Å². The number of fused-ring (bicyclic) bond motifs is 1. The molecule has 0 saturated carbocycles. The van der Waals surface area contributed by atoms with Gasteiger partial charge >= 0.3 is 0 Å². The lowest BCUT2D eigenvalue weighted by Gasteiger charge is -2.31. The molecule has 0 aliphatic carbocycles. The molecule has 4 rings (SSSR count). The fourth-order valence-electron chi connectivity index (χ4n) is 3.17. The summed E-state index contributed by atoms with van der Waals surface area (Å²) in [5, 5.41) is 7.70. The molecule has 0 saturated heterocycles. The molecule has 1 aliphatic rings. The normalized spacial score (nSPS) is 19.6. The monoisotopic (exact) mass is 323 g/mol. The number of nitrogens with two attached hydrogens (primary N) is 1. The van der Waals surface area contributed by atoms with Crippen molar-refractivity contribution in [2.45, 2.75) is 25.4 Å². The number of nitrogens with zero attached hydrogens (tertiary/aromatic N) is 3. The second kappa shape index (κ2) is 5.63. The highest BCUT2D eigenvalue weighted by molar-refractivity contribution is 5.42. The van der Waals surface area contributed by atoms with Gasteiger partial charge in [0, 0.05) is 0 Å². The zero-order chi connectivity index (χ0) is 16.7. The van der Waals surface area contributed by atoms with Crippen molar-refractivity contribution in [2.75, 3.05) is 11.1 Å². The van der Waals surface area contributed by atoms with Crippen LogP contribution in [0.2, 0.25) is 0 Å². The first-order chi connectivity index (χ1) is 11.6. The van der Waals surface area contributed by atoms with Crippen LogP contribution in [-0.2, 0) is 0 Å². The zero-order valence-electron chi connectivity index (χ0n) is 13.3. The van der Waals surface area contributed by atoms with Crippen molar-refractivity contribution >= 4 is 11.9 Å². The summed E-state index contributed by atoms with van der Waals surface area (Å²) < 4.78 is 15.1. The molecule has 0 unspecified atom stereocenters. The topological polar surface area (TPSA) is 68.8 Å². The van der Waals surface area contributed by atoms with Crippen molar-refractivity contribution in [3.8, 4) is 0 Å². The third-order valence-electron chi connectivity index (χ3n) is 4.44. The van der Waals surface area contributed by atoms with Gasteiger partial charge in [0.25, 0.3) is 0 Å². The Labute approximate surface area is 139 Å². The smallest absolute Gasteiger partial charge is 0.241 e. The van der Waals surface area contributed by atoms with E-state index >= 15 is 0 Å². The number of hydrogen-bond donors (Lipinski definition) is 2. The van der Waals surface area contributed by atoms with E-state index in [1.54, 1.807) is 16.8 Å². The Morgan fingerprint density at radius 1 is 1.08 bits per heavy atom. The molecule has 2 atom stereocenters. The van der Waals surface area contributed by atoms with Crippen LogP contribution in [0.25, 0.3) is 0 Å². The maximum atomic E-state index is 13.3. The van der Waals surface area contributed by atoms with E-state index < -0.39 is 0 Å². The third-order valence-corrected chi connectivity index (χ3v) is 4.44. The summed E-state index contributed by atoms with van der Waals surface area (Å²) in [7, 11) is 0. The van der Waals surface area contributed by atoms with Gasteiger partial charge in [-0.3, -0.25) is 0 Å². The highest BCUT2D eigenvalue weighted by atomic mass is 19.1. The van der Waals surface area contributed by atoms with Gasteiger partial charge in [-0.15, -0.1) is 5.10 Å². The summed E-state index contributed by atoms with van der Waals surface area (Å²) in [6, 6.07) is 15.0. The van der Waals surface area contributed by atoms with Crippen LogP contribution in [0.4, 0.5) is 16.3 Å². The summed E-state index contributed by atoms with van der Waals surface area (Å²) in [5.41, 5.74) is 9.17. The molecule has 1 aromatic heterocycles. The Kier molecular flexibility index (Phi) is 3.45. The second-order valence-electron chi connectivity index (χ2n) is 6.15. The van der Waals surface area contributed by atoms with E-state index in [0.29, 0.717) is 5.95 Å². The van der Waals surface area contributed by atoms with Gasteiger partial charge in [-0.25, -0.2) is 9.07 Å². The molecule has 2 heterocycles. The van der Waals surface area contributed by atoms with Crippen LogP contribution in [0.15, 0.2) is 48.5 Å². The van der Waals surface area contributed by atoms with Gasteiger partial charge in [0.05, 0.1) is 12.1 Å². The van der Waals surface area contributed by atoms with Gasteiger partial charge < -0.3 is 11.1 Å². The van der Waals surface area contributed by atoms with Crippen LogP contribution in [0.3, 0.4) is 0 Å². The highest BCUT2D eigenvalue weighted by Gasteiger charge is 2.30. The predicted molar refractivity (Wildman–Crippen MR) is 91.1 cm³/mol. The highest BCUT2D eigenvalue weighted by Crippen LogP contribution is 2.37. The van der Waals surface area contributed by atoms with E-state index in [-0.39, 0.29) is 23.8 Å². The molecule has 2 aromatic carbocycles. The van der Waals surface area contributed by atoms with Crippen molar-refractivity contribution in [1.29, 1.82) is 0 Å². The molecule has 6 heteroatoms. The Bertz CT molecular complexity index is 854. The molecule has 3 aromatic rings. The number of nitrogens with one attached hydrogen (secondary N) is 1. The maximum Gasteiger partial charge on any atom is 0.241 e. The van der Waals surface area contributed by atoms with Gasteiger partial charge in [-0.1, -0.05) is 42.0 Å². The lowest BCUT2D eigenvalue weighted by molar-refractivity contribution is 0.431. The Morgan fingerprint density at radius 2 is 1.75 bits per heavy atom. The van der Waals surface area contributed by atoms with E-state index in [2.05, 4.69) is 46.6 Å². The van der Waals surface area contributed by atoms with Crippen LogP contribution >= 0.6 is 0 Å². The number of benzene rings is 2. The number of aromatic nitrogens is 3. The quantitative estimate of drug-likeness (QED) is 0.758. The van der Waals surface area contributed by atoms with Crippen LogP contribution < -0.4 is 11.1 Å². The van der Waals surface area contributed by atoms with E-state index in [9.17, 15) is 4.39 Å². The minimum atomic E-state index is -0.249. The molecule has 0 fully saturated rings. The Hall–Kier alpha value is -2.89. The summed E-state index contributed by atoms with van der Waals surface area (Å²) in [4.78, 5) is 4.28. The molecule has 1 aliphatic heterocycles. The average molecular weight is 323 g/mol. The van der Waals surface area contributed by atoms with E-state index in [1.165, 1.54) is 23.3 Å². The molecule has 0 bridgehead atoms. The van der Waals surface area contributed by atoms with E-state index in [4.69, 9.17) is 5.73 Å². The van der Waals surface area contributed by atoms with Gasteiger partial charge in [0.2, 0.25) is 11.9 Å². The van der Waals surface area contributed by atoms with Crippen LogP contribution in [-0.4, -0.2) is 14.8 Å². The fourth-order valence-corrected chi connectivity index (χ4v) is 3.17. The molecule has 122 valence electrons. The van der Waals surface area contributed by atoms with Gasteiger partial charge in [0.15, 0.2) is 0 Å². The Morgan fingerprint density at radius 3 is 2.46 bits per heavy atom. The number of rotatable bonds is 2. The van der Waals surface area contributed by atoms with Crippen molar-refractivity contribution in [1.82, 2.24) is 14.8 Å². The molecule has 3 N–H and O–H groups in total. The van der Waals surface area contributed by atoms with Crippen LogP contribution in [0.5, 0.6) is 0 Å². The number of hydrogen-bond acceptors (Lipinski definition) is 4. The van der Waals surface area contributed by atoms with Gasteiger partial charge in [-0.2, -0.15) is 4.98 Å². The zero-order valence-corrected chi connectivity index (χ0v) is 13.3. The molecule has 24 heavy (non-hydrogen) atoms. The van der Waals surface area contributed by atoms with Crippen molar-refractivity contribution in [3.05, 3.63) is 71.0 Å². The largest absolute Gasteiger partial charge is 0.366 e. The van der Waals surface area contributed by atoms with Crippen molar-refractivity contribution < 1.29 is 4.39 Å². The van der Waals surface area contributed by atoms with E-state index in [0.717, 1.165) is 12.0 Å². The maximum absolute atomic E-state index is 13.3. The average Bonchev–Trinajstić information content (AvgIpc) is 2.95. The molecule has 0 radical (unpaired) electrons. The van der Waals surface area contributed by atoms with Crippen LogP contribution in [0, 0.1) is 12.7 Å². The minimum absolute atomic E-state index is 0.0436. The fraction of sp³-hybridized carbons (Fsp3) is 0.222. The minimum Gasteiger partial charge on any atom is -0.366 e. The predicted octanol–water partition coefficient (Wildman–Crippen LogP) is 3.45. The van der Waals surface area contributed by atoms with Gasteiger partial charge in [0.1, 0.15) is 5.82 Å². The number of halogens is 1. The second-order valence-corrected chi connectivity index (χ2v) is 6.15. The number of nitrogen functional groups attached to an aromatic ring is 1. The molecule has 0 amide bonds. The number of aryl methyl sites for hydroxylation is 1. The number of anilines is 2. The lowest BCUT2D eigenvalue weighted by Crippen LogP contribution is -2.28. The first-order valence-corrected chi connectivity index (χ1v) is 7.91. The molecular formula is C18H18FN5. The van der Waals surface area contributed by atoms with Crippen molar-refractivity contribution in [3.63, 3.8) is 0 Å². The first kappa shape index (κ1) is 14.7. The summed E-state index contributed by atoms with van der Waals surface area (Å²) in [6.07, 6.45) is 0.782. The van der Waals surface area contributed by atoms with Crippen molar-refractivity contribution in [2.24, 2.45) is 0 Å². The SMILES string of the molecule is Cc1ccc([C@H]2C[C@@H](c3ccc(F)cc3)n3nc(N)nc3N2)cc1. The first-order valence-electron chi connectivity index (χ1n) is 7.91. The van der Waals surface area contributed by atoms with Crippen LogP contribution in [0.1, 0.15) is 35.2 Å². The standard InChI is InChI=1S/C18H18FN5/c1-11-2-4-12(5-3-11)15-10-16(13-6-8-14(19)9-7-13)24-18(21-15)22-17(20)23-24/h2-9,15-16H,10H2,1H3,(H3,20,21,22,23)/t15-,16+/m1/s1. The Balaban J connectivity index is 1.74. The summed E-state index contributed by atoms with van der Waals surface area (Å²) in [5.74, 6) is 0.619. The third kappa shape index (κ3) is 2.60. The molecular weight excluding hydrogens is 305 g/mol. The summed E-state index contributed by atoms with van der Waals surface area (Å²) >= 11 is 0. The lowest BCUT2D eigenvalue weighted by atomic mass is 9.93. The summed E-state index contributed by atoms with van der Waals surface area (Å²) in [6.45, 7) is 2.07. The molecule has 5 nitrogen and oxygen atoms in total. The molecule has 0 spiro atoms.